The van der Waals surface area contributed by atoms with Crippen molar-refractivity contribution in [3.05, 3.63) is 36.5 Å². The number of H-pyrrole nitrogens is 1. The lowest BCUT2D eigenvalue weighted by Gasteiger charge is -2.28. The molecule has 1 N–H and O–H groups in total. The van der Waals surface area contributed by atoms with Crippen LogP contribution in [0.3, 0.4) is 0 Å². The van der Waals surface area contributed by atoms with Gasteiger partial charge in [-0.3, -0.25) is 4.98 Å². The minimum absolute atomic E-state index is 0.895. The Morgan fingerprint density at radius 3 is 2.77 bits per heavy atom. The zero-order valence-corrected chi connectivity index (χ0v) is 12.7. The van der Waals surface area contributed by atoms with Crippen molar-refractivity contribution in [2.24, 2.45) is 0 Å². The largest absolute Gasteiger partial charge is 0.356 e. The van der Waals surface area contributed by atoms with Crippen molar-refractivity contribution in [1.82, 2.24) is 19.9 Å². The standard InChI is InChI=1S/C17H19N5/c1-12-7-13(9-18-8-12)14-10-19-16-15(14)17(21-11-20-16)22-5-3-2-4-6-22/h7-11H,2-6H2,1H3,(H,19,20,21). The number of aromatic nitrogens is 4. The number of rotatable bonds is 2. The van der Waals surface area contributed by atoms with Crippen molar-refractivity contribution in [1.29, 1.82) is 0 Å². The molecule has 4 heterocycles. The number of pyridine rings is 1. The van der Waals surface area contributed by atoms with E-state index in [1.807, 2.05) is 18.6 Å². The zero-order chi connectivity index (χ0) is 14.9. The van der Waals surface area contributed by atoms with E-state index in [9.17, 15) is 0 Å². The summed E-state index contributed by atoms with van der Waals surface area (Å²) in [5.74, 6) is 1.04. The molecule has 0 aliphatic carbocycles. The van der Waals surface area contributed by atoms with Gasteiger partial charge in [-0.1, -0.05) is 0 Å². The van der Waals surface area contributed by atoms with Crippen LogP contribution in [0.4, 0.5) is 5.82 Å². The van der Waals surface area contributed by atoms with E-state index in [0.717, 1.165) is 46.6 Å². The molecule has 0 radical (unpaired) electrons. The SMILES string of the molecule is Cc1cncc(-c2c[nH]c3ncnc(N4CCCCC4)c23)c1. The number of aromatic amines is 1. The average Bonchev–Trinajstić information content (AvgIpc) is 3.00. The van der Waals surface area contributed by atoms with Gasteiger partial charge in [-0.15, -0.1) is 0 Å². The molecule has 1 aliphatic rings. The summed E-state index contributed by atoms with van der Waals surface area (Å²) in [6.07, 6.45) is 11.2. The second kappa shape index (κ2) is 5.40. The van der Waals surface area contributed by atoms with Gasteiger partial charge in [-0.25, -0.2) is 9.97 Å². The number of fused-ring (bicyclic) bond motifs is 1. The number of nitrogens with one attached hydrogen (secondary N) is 1. The highest BCUT2D eigenvalue weighted by Crippen LogP contribution is 2.34. The predicted molar refractivity (Wildman–Crippen MR) is 87.9 cm³/mol. The van der Waals surface area contributed by atoms with Gasteiger partial charge in [0.05, 0.1) is 5.39 Å². The maximum Gasteiger partial charge on any atom is 0.143 e. The number of aryl methyl sites for hydroxylation is 1. The second-order valence-electron chi connectivity index (χ2n) is 5.92. The maximum absolute atomic E-state index is 4.59. The second-order valence-corrected chi connectivity index (χ2v) is 5.92. The number of nitrogens with zero attached hydrogens (tertiary/aromatic N) is 4. The molecule has 3 aromatic heterocycles. The third-order valence-corrected chi connectivity index (χ3v) is 4.29. The molecule has 0 spiro atoms. The summed E-state index contributed by atoms with van der Waals surface area (Å²) in [7, 11) is 0. The first-order valence-electron chi connectivity index (χ1n) is 7.82. The van der Waals surface area contributed by atoms with Gasteiger partial charge in [-0.2, -0.15) is 0 Å². The van der Waals surface area contributed by atoms with Crippen molar-refractivity contribution in [2.75, 3.05) is 18.0 Å². The van der Waals surface area contributed by atoms with Gasteiger partial charge in [0.2, 0.25) is 0 Å². The van der Waals surface area contributed by atoms with Gasteiger partial charge >= 0.3 is 0 Å². The van der Waals surface area contributed by atoms with Crippen LogP contribution in [0.1, 0.15) is 24.8 Å². The van der Waals surface area contributed by atoms with Crippen LogP contribution in [-0.2, 0) is 0 Å². The molecule has 4 rings (SSSR count). The first-order valence-corrected chi connectivity index (χ1v) is 7.82. The topological polar surface area (TPSA) is 57.7 Å². The molecule has 0 aromatic carbocycles. The summed E-state index contributed by atoms with van der Waals surface area (Å²) in [6, 6.07) is 2.16. The van der Waals surface area contributed by atoms with Crippen LogP contribution in [0.25, 0.3) is 22.2 Å². The smallest absolute Gasteiger partial charge is 0.143 e. The van der Waals surface area contributed by atoms with E-state index in [2.05, 4.69) is 37.8 Å². The third kappa shape index (κ3) is 2.22. The number of piperidine rings is 1. The molecule has 5 heteroatoms. The molecule has 0 amide bonds. The Hall–Kier alpha value is -2.43. The fraction of sp³-hybridized carbons (Fsp3) is 0.353. The van der Waals surface area contributed by atoms with E-state index in [-0.39, 0.29) is 0 Å². The fourth-order valence-corrected chi connectivity index (χ4v) is 3.22. The molecule has 3 aromatic rings. The molecule has 5 nitrogen and oxygen atoms in total. The Bertz CT molecular complexity index is 802. The summed E-state index contributed by atoms with van der Waals surface area (Å²) in [6.45, 7) is 4.21. The molecule has 0 bridgehead atoms. The van der Waals surface area contributed by atoms with Gasteiger partial charge in [0.1, 0.15) is 17.8 Å². The average molecular weight is 293 g/mol. The molecule has 0 atom stereocenters. The van der Waals surface area contributed by atoms with Crippen molar-refractivity contribution in [2.45, 2.75) is 26.2 Å². The lowest BCUT2D eigenvalue weighted by Crippen LogP contribution is -2.30. The first-order chi connectivity index (χ1) is 10.8. The Morgan fingerprint density at radius 2 is 1.95 bits per heavy atom. The van der Waals surface area contributed by atoms with E-state index in [1.54, 1.807) is 6.33 Å². The van der Waals surface area contributed by atoms with Gasteiger partial charge in [0.15, 0.2) is 0 Å². The molecule has 0 saturated carbocycles. The Kier molecular flexibility index (Phi) is 3.25. The molecule has 1 fully saturated rings. The summed E-state index contributed by atoms with van der Waals surface area (Å²) in [4.78, 5) is 19.0. The highest BCUT2D eigenvalue weighted by atomic mass is 15.2. The molecule has 112 valence electrons. The third-order valence-electron chi connectivity index (χ3n) is 4.29. The summed E-state index contributed by atoms with van der Waals surface area (Å²) in [5, 5.41) is 1.11. The van der Waals surface area contributed by atoms with Crippen LogP contribution < -0.4 is 4.90 Å². The summed E-state index contributed by atoms with van der Waals surface area (Å²) < 4.78 is 0. The highest BCUT2D eigenvalue weighted by Gasteiger charge is 2.19. The quantitative estimate of drug-likeness (QED) is 0.787. The van der Waals surface area contributed by atoms with Crippen LogP contribution in [0.2, 0.25) is 0 Å². The first kappa shape index (κ1) is 13.2. The summed E-state index contributed by atoms with van der Waals surface area (Å²) >= 11 is 0. The molecule has 1 aliphatic heterocycles. The Balaban J connectivity index is 1.89. The van der Waals surface area contributed by atoms with E-state index in [0.29, 0.717) is 0 Å². The molecule has 0 unspecified atom stereocenters. The summed E-state index contributed by atoms with van der Waals surface area (Å²) in [5.41, 5.74) is 4.29. The van der Waals surface area contributed by atoms with E-state index in [4.69, 9.17) is 0 Å². The lowest BCUT2D eigenvalue weighted by atomic mass is 10.1. The Labute approximate surface area is 129 Å². The van der Waals surface area contributed by atoms with Crippen LogP contribution in [0.5, 0.6) is 0 Å². The van der Waals surface area contributed by atoms with Gasteiger partial charge < -0.3 is 9.88 Å². The predicted octanol–water partition coefficient (Wildman–Crippen LogP) is 3.32. The van der Waals surface area contributed by atoms with E-state index < -0.39 is 0 Å². The molecular formula is C17H19N5. The van der Waals surface area contributed by atoms with Gasteiger partial charge in [0, 0.05) is 42.8 Å². The number of hydrogen-bond acceptors (Lipinski definition) is 4. The number of anilines is 1. The van der Waals surface area contributed by atoms with Crippen LogP contribution in [0.15, 0.2) is 31.0 Å². The minimum Gasteiger partial charge on any atom is -0.356 e. The molecule has 22 heavy (non-hydrogen) atoms. The van der Waals surface area contributed by atoms with Crippen molar-refractivity contribution >= 4 is 16.9 Å². The van der Waals surface area contributed by atoms with Crippen molar-refractivity contribution in [3.63, 3.8) is 0 Å². The molecule has 1 saturated heterocycles. The molecular weight excluding hydrogens is 274 g/mol. The zero-order valence-electron chi connectivity index (χ0n) is 12.7. The van der Waals surface area contributed by atoms with Crippen LogP contribution >= 0.6 is 0 Å². The van der Waals surface area contributed by atoms with Crippen molar-refractivity contribution in [3.8, 4) is 11.1 Å². The maximum atomic E-state index is 4.59. The Morgan fingerprint density at radius 1 is 1.09 bits per heavy atom. The van der Waals surface area contributed by atoms with Crippen LogP contribution in [-0.4, -0.2) is 33.0 Å². The normalized spacial score (nSPS) is 15.4. The van der Waals surface area contributed by atoms with Gasteiger partial charge in [0.25, 0.3) is 0 Å². The number of hydrogen-bond donors (Lipinski definition) is 1. The van der Waals surface area contributed by atoms with Crippen molar-refractivity contribution < 1.29 is 0 Å². The monoisotopic (exact) mass is 293 g/mol. The van der Waals surface area contributed by atoms with Crippen LogP contribution in [0, 0.1) is 6.92 Å². The minimum atomic E-state index is 0.895. The van der Waals surface area contributed by atoms with E-state index >= 15 is 0 Å². The van der Waals surface area contributed by atoms with Gasteiger partial charge in [-0.05, 0) is 37.8 Å². The highest BCUT2D eigenvalue weighted by molar-refractivity contribution is 6.01. The lowest BCUT2D eigenvalue weighted by molar-refractivity contribution is 0.574. The fourth-order valence-electron chi connectivity index (χ4n) is 3.22. The van der Waals surface area contributed by atoms with E-state index in [1.165, 1.54) is 19.3 Å².